The fourth-order valence-corrected chi connectivity index (χ4v) is 2.01. The summed E-state index contributed by atoms with van der Waals surface area (Å²) in [5.41, 5.74) is 0. The van der Waals surface area contributed by atoms with E-state index in [1.807, 2.05) is 0 Å². The molecule has 0 spiro atoms. The molecule has 0 N–H and O–H groups in total. The Labute approximate surface area is 99.9 Å². The molecule has 0 atom stereocenters. The molecule has 0 fully saturated rings. The van der Waals surface area contributed by atoms with Crippen LogP contribution >= 0.6 is 11.6 Å². The molecule has 0 unspecified atom stereocenters. The first-order valence-corrected chi connectivity index (χ1v) is 6.60. The molecule has 0 bridgehead atoms. The average molecular weight is 236 g/mol. The van der Waals surface area contributed by atoms with Gasteiger partial charge in [-0.2, -0.15) is 0 Å². The van der Waals surface area contributed by atoms with Gasteiger partial charge in [0.05, 0.1) is 12.7 Å². The predicted octanol–water partition coefficient (Wildman–Crippen LogP) is 3.14. The normalized spacial score (nSPS) is 12.0. The van der Waals surface area contributed by atoms with Gasteiger partial charge in [0.25, 0.3) is 0 Å². The van der Waals surface area contributed by atoms with Crippen molar-refractivity contribution in [3.8, 4) is 0 Å². The lowest BCUT2D eigenvalue weighted by atomic mass is 10.1. The van der Waals surface area contributed by atoms with Crippen molar-refractivity contribution >= 4 is 11.6 Å². The van der Waals surface area contributed by atoms with Crippen molar-refractivity contribution in [1.82, 2.24) is 4.90 Å². The molecular weight excluding hydrogens is 210 g/mol. The first kappa shape index (κ1) is 15.2. The summed E-state index contributed by atoms with van der Waals surface area (Å²) in [6.07, 6.45) is 2.70. The molecule has 0 aromatic rings. The summed E-state index contributed by atoms with van der Waals surface area (Å²) < 4.78 is 5.57. The lowest BCUT2D eigenvalue weighted by Crippen LogP contribution is -2.38. The molecular formula is C12H26ClNO. The number of rotatable bonds is 9. The van der Waals surface area contributed by atoms with Crippen LogP contribution in [-0.2, 0) is 4.74 Å². The van der Waals surface area contributed by atoms with E-state index >= 15 is 0 Å². The van der Waals surface area contributed by atoms with Crippen LogP contribution in [0.5, 0.6) is 0 Å². The smallest absolute Gasteiger partial charge is 0.0597 e. The van der Waals surface area contributed by atoms with Crippen LogP contribution in [0.2, 0.25) is 0 Å². The standard InChI is InChI=1S/C12H26ClNO/c1-5-12(6-2)14(8-7-13)9-10-15-11(3)4/h11-12H,5-10H2,1-4H3. The van der Waals surface area contributed by atoms with E-state index in [0.717, 1.165) is 19.7 Å². The molecule has 2 nitrogen and oxygen atoms in total. The van der Waals surface area contributed by atoms with Gasteiger partial charge in [-0.05, 0) is 26.7 Å². The number of ether oxygens (including phenoxy) is 1. The zero-order valence-electron chi connectivity index (χ0n) is 10.6. The minimum atomic E-state index is 0.324. The SMILES string of the molecule is CCC(CC)N(CCCl)CCOC(C)C. The van der Waals surface area contributed by atoms with Gasteiger partial charge in [-0.15, -0.1) is 11.6 Å². The Morgan fingerprint density at radius 1 is 1.13 bits per heavy atom. The van der Waals surface area contributed by atoms with Gasteiger partial charge in [0.1, 0.15) is 0 Å². The number of hydrogen-bond donors (Lipinski definition) is 0. The van der Waals surface area contributed by atoms with E-state index in [-0.39, 0.29) is 0 Å². The number of hydrogen-bond acceptors (Lipinski definition) is 2. The van der Waals surface area contributed by atoms with Crippen LogP contribution in [0.3, 0.4) is 0 Å². The molecule has 0 rings (SSSR count). The Morgan fingerprint density at radius 3 is 2.13 bits per heavy atom. The molecule has 0 aliphatic heterocycles. The van der Waals surface area contributed by atoms with Gasteiger partial charge < -0.3 is 4.74 Å². The molecule has 0 amide bonds. The van der Waals surface area contributed by atoms with Gasteiger partial charge in [0.2, 0.25) is 0 Å². The molecule has 0 aliphatic carbocycles. The summed E-state index contributed by atoms with van der Waals surface area (Å²) in [7, 11) is 0. The van der Waals surface area contributed by atoms with Crippen molar-refractivity contribution in [2.24, 2.45) is 0 Å². The molecule has 3 heteroatoms. The Bertz CT molecular complexity index is 138. The van der Waals surface area contributed by atoms with Crippen LogP contribution in [0.1, 0.15) is 40.5 Å². The zero-order chi connectivity index (χ0) is 11.7. The fourth-order valence-electron chi connectivity index (χ4n) is 1.80. The molecule has 0 aromatic heterocycles. The molecule has 92 valence electrons. The van der Waals surface area contributed by atoms with Crippen molar-refractivity contribution in [3.05, 3.63) is 0 Å². The van der Waals surface area contributed by atoms with Crippen LogP contribution in [0, 0.1) is 0 Å². The van der Waals surface area contributed by atoms with E-state index in [2.05, 4.69) is 32.6 Å². The van der Waals surface area contributed by atoms with E-state index in [9.17, 15) is 0 Å². The third-order valence-corrected chi connectivity index (χ3v) is 2.83. The maximum atomic E-state index is 5.81. The van der Waals surface area contributed by atoms with Crippen molar-refractivity contribution in [3.63, 3.8) is 0 Å². The lowest BCUT2D eigenvalue weighted by Gasteiger charge is -2.29. The molecule has 0 radical (unpaired) electrons. The van der Waals surface area contributed by atoms with Gasteiger partial charge >= 0.3 is 0 Å². The monoisotopic (exact) mass is 235 g/mol. The summed E-state index contributed by atoms with van der Waals surface area (Å²) >= 11 is 5.81. The van der Waals surface area contributed by atoms with Crippen LogP contribution in [-0.4, -0.2) is 42.6 Å². The zero-order valence-corrected chi connectivity index (χ0v) is 11.4. The molecule has 0 aromatic carbocycles. The number of halogens is 1. The van der Waals surface area contributed by atoms with Crippen molar-refractivity contribution < 1.29 is 4.74 Å². The highest BCUT2D eigenvalue weighted by Crippen LogP contribution is 2.08. The number of nitrogens with zero attached hydrogens (tertiary/aromatic N) is 1. The molecule has 15 heavy (non-hydrogen) atoms. The number of alkyl halides is 1. The van der Waals surface area contributed by atoms with Crippen LogP contribution in [0.4, 0.5) is 0 Å². The first-order valence-electron chi connectivity index (χ1n) is 6.07. The predicted molar refractivity (Wildman–Crippen MR) is 67.8 cm³/mol. The van der Waals surface area contributed by atoms with E-state index in [4.69, 9.17) is 16.3 Å². The van der Waals surface area contributed by atoms with Crippen molar-refractivity contribution in [1.29, 1.82) is 0 Å². The van der Waals surface area contributed by atoms with E-state index < -0.39 is 0 Å². The quantitative estimate of drug-likeness (QED) is 0.570. The topological polar surface area (TPSA) is 12.5 Å². The van der Waals surface area contributed by atoms with Crippen molar-refractivity contribution in [2.75, 3.05) is 25.6 Å². The second-order valence-corrected chi connectivity index (χ2v) is 4.49. The van der Waals surface area contributed by atoms with Crippen LogP contribution in [0.15, 0.2) is 0 Å². The molecule has 0 saturated heterocycles. The first-order chi connectivity index (χ1) is 7.15. The Hall–Kier alpha value is 0.210. The van der Waals surface area contributed by atoms with Crippen LogP contribution < -0.4 is 0 Å². The third-order valence-electron chi connectivity index (χ3n) is 2.66. The maximum Gasteiger partial charge on any atom is 0.0597 e. The minimum absolute atomic E-state index is 0.324. The second kappa shape index (κ2) is 9.44. The van der Waals surface area contributed by atoms with Gasteiger partial charge in [-0.3, -0.25) is 4.90 Å². The minimum Gasteiger partial charge on any atom is -0.377 e. The van der Waals surface area contributed by atoms with Crippen LogP contribution in [0.25, 0.3) is 0 Å². The van der Waals surface area contributed by atoms with E-state index in [1.165, 1.54) is 12.8 Å². The van der Waals surface area contributed by atoms with E-state index in [1.54, 1.807) is 0 Å². The van der Waals surface area contributed by atoms with Gasteiger partial charge in [0, 0.05) is 25.0 Å². The third kappa shape index (κ3) is 7.15. The van der Waals surface area contributed by atoms with Gasteiger partial charge in [-0.25, -0.2) is 0 Å². The summed E-state index contributed by atoms with van der Waals surface area (Å²) in [4.78, 5) is 2.44. The molecule has 0 heterocycles. The fraction of sp³-hybridized carbons (Fsp3) is 1.00. The second-order valence-electron chi connectivity index (χ2n) is 4.11. The average Bonchev–Trinajstić information content (AvgIpc) is 2.19. The Kier molecular flexibility index (Phi) is 9.57. The Morgan fingerprint density at radius 2 is 1.73 bits per heavy atom. The van der Waals surface area contributed by atoms with Gasteiger partial charge in [0.15, 0.2) is 0 Å². The highest BCUT2D eigenvalue weighted by Gasteiger charge is 2.13. The summed E-state index contributed by atoms with van der Waals surface area (Å²) in [6, 6.07) is 0.652. The molecule has 0 saturated carbocycles. The maximum absolute atomic E-state index is 5.81. The summed E-state index contributed by atoms with van der Waals surface area (Å²) in [5, 5.41) is 0. The lowest BCUT2D eigenvalue weighted by molar-refractivity contribution is 0.0493. The highest BCUT2D eigenvalue weighted by molar-refractivity contribution is 6.18. The largest absolute Gasteiger partial charge is 0.377 e. The molecule has 0 aliphatic rings. The van der Waals surface area contributed by atoms with Gasteiger partial charge in [-0.1, -0.05) is 13.8 Å². The highest BCUT2D eigenvalue weighted by atomic mass is 35.5. The summed E-state index contributed by atoms with van der Waals surface area (Å²) in [5.74, 6) is 0.707. The van der Waals surface area contributed by atoms with E-state index in [0.29, 0.717) is 18.0 Å². The van der Waals surface area contributed by atoms with Crippen molar-refractivity contribution in [2.45, 2.75) is 52.7 Å². The Balaban J connectivity index is 3.91. The summed E-state index contributed by atoms with van der Waals surface area (Å²) in [6.45, 7) is 11.4.